The van der Waals surface area contributed by atoms with Crippen LogP contribution in [0.2, 0.25) is 5.02 Å². The SMILES string of the molecule is CC1(C)OC(=O)C(=CNc2ccc(Cl)c(Br)c2F)C(=O)O1. The van der Waals surface area contributed by atoms with Crippen molar-refractivity contribution in [2.45, 2.75) is 19.6 Å². The Kier molecular flexibility index (Phi) is 4.25. The van der Waals surface area contributed by atoms with Crippen molar-refractivity contribution in [1.29, 1.82) is 0 Å². The molecule has 21 heavy (non-hydrogen) atoms. The summed E-state index contributed by atoms with van der Waals surface area (Å²) in [4.78, 5) is 23.4. The molecule has 5 nitrogen and oxygen atoms in total. The van der Waals surface area contributed by atoms with Gasteiger partial charge in [-0.3, -0.25) is 0 Å². The van der Waals surface area contributed by atoms with E-state index >= 15 is 0 Å². The van der Waals surface area contributed by atoms with Crippen molar-refractivity contribution in [3.63, 3.8) is 0 Å². The number of carbonyl (C=O) groups excluding carboxylic acids is 2. The van der Waals surface area contributed by atoms with Crippen LogP contribution in [0.25, 0.3) is 0 Å². The van der Waals surface area contributed by atoms with Crippen molar-refractivity contribution in [1.82, 2.24) is 0 Å². The molecule has 0 aromatic heterocycles. The van der Waals surface area contributed by atoms with Gasteiger partial charge in [-0.1, -0.05) is 11.6 Å². The van der Waals surface area contributed by atoms with E-state index in [0.717, 1.165) is 6.20 Å². The summed E-state index contributed by atoms with van der Waals surface area (Å²) in [6.07, 6.45) is 1.03. The molecule has 0 unspecified atom stereocenters. The minimum Gasteiger partial charge on any atom is -0.419 e. The monoisotopic (exact) mass is 377 g/mol. The van der Waals surface area contributed by atoms with Gasteiger partial charge in [0.05, 0.1) is 15.2 Å². The molecule has 1 aliphatic rings. The number of cyclic esters (lactones) is 2. The molecule has 0 radical (unpaired) electrons. The van der Waals surface area contributed by atoms with E-state index in [-0.39, 0.29) is 20.8 Å². The number of carbonyl (C=O) groups is 2. The number of nitrogens with one attached hydrogen (secondary N) is 1. The number of halogens is 3. The minimum atomic E-state index is -1.32. The Morgan fingerprint density at radius 1 is 1.29 bits per heavy atom. The van der Waals surface area contributed by atoms with Crippen LogP contribution in [0.15, 0.2) is 28.4 Å². The maximum Gasteiger partial charge on any atom is 0.350 e. The van der Waals surface area contributed by atoms with Gasteiger partial charge in [-0.25, -0.2) is 14.0 Å². The lowest BCUT2D eigenvalue weighted by molar-refractivity contribution is -0.222. The molecule has 112 valence electrons. The Morgan fingerprint density at radius 2 is 1.86 bits per heavy atom. The zero-order chi connectivity index (χ0) is 15.8. The summed E-state index contributed by atoms with van der Waals surface area (Å²) in [5.74, 6) is -3.67. The molecule has 0 saturated carbocycles. The van der Waals surface area contributed by atoms with Crippen LogP contribution < -0.4 is 5.32 Å². The fraction of sp³-hybridized carbons (Fsp3) is 0.231. The highest BCUT2D eigenvalue weighted by Gasteiger charge is 2.38. The quantitative estimate of drug-likeness (QED) is 0.370. The third-order valence-corrected chi connectivity index (χ3v) is 3.84. The van der Waals surface area contributed by atoms with E-state index in [1.807, 2.05) is 0 Å². The zero-order valence-corrected chi connectivity index (χ0v) is 13.3. The van der Waals surface area contributed by atoms with Crippen LogP contribution >= 0.6 is 27.5 Å². The van der Waals surface area contributed by atoms with Gasteiger partial charge in [-0.15, -0.1) is 0 Å². The molecule has 0 amide bonds. The van der Waals surface area contributed by atoms with Crippen molar-refractivity contribution in [2.24, 2.45) is 0 Å². The molecule has 1 aliphatic heterocycles. The van der Waals surface area contributed by atoms with Gasteiger partial charge in [0.25, 0.3) is 5.79 Å². The van der Waals surface area contributed by atoms with E-state index in [0.29, 0.717) is 0 Å². The summed E-state index contributed by atoms with van der Waals surface area (Å²) in [7, 11) is 0. The first-order valence-corrected chi connectivity index (χ1v) is 6.95. The molecular formula is C13H10BrClFNO4. The fourth-order valence-electron chi connectivity index (χ4n) is 1.57. The first-order chi connectivity index (χ1) is 9.71. The summed E-state index contributed by atoms with van der Waals surface area (Å²) >= 11 is 8.72. The summed E-state index contributed by atoms with van der Waals surface area (Å²) in [6.45, 7) is 2.87. The van der Waals surface area contributed by atoms with Gasteiger partial charge >= 0.3 is 11.9 Å². The van der Waals surface area contributed by atoms with Crippen LogP contribution in [0.1, 0.15) is 13.8 Å². The van der Waals surface area contributed by atoms with Gasteiger partial charge < -0.3 is 14.8 Å². The van der Waals surface area contributed by atoms with Gasteiger partial charge in [0.1, 0.15) is 0 Å². The molecule has 0 atom stereocenters. The summed E-state index contributed by atoms with van der Waals surface area (Å²) in [5, 5.41) is 2.71. The fourth-order valence-corrected chi connectivity index (χ4v) is 2.06. The number of rotatable bonds is 2. The summed E-state index contributed by atoms with van der Waals surface area (Å²) in [6, 6.07) is 2.82. The average molecular weight is 379 g/mol. The Balaban J connectivity index is 2.24. The second-order valence-electron chi connectivity index (χ2n) is 4.60. The summed E-state index contributed by atoms with van der Waals surface area (Å²) < 4.78 is 23.8. The smallest absolute Gasteiger partial charge is 0.350 e. The predicted molar refractivity (Wildman–Crippen MR) is 77.1 cm³/mol. The molecule has 1 heterocycles. The lowest BCUT2D eigenvalue weighted by Crippen LogP contribution is -2.42. The van der Waals surface area contributed by atoms with E-state index in [9.17, 15) is 14.0 Å². The molecule has 1 aromatic carbocycles. The minimum absolute atomic E-state index is 0.0317. The molecule has 1 aromatic rings. The van der Waals surface area contributed by atoms with Gasteiger partial charge in [-0.2, -0.15) is 0 Å². The number of esters is 2. The Morgan fingerprint density at radius 3 is 2.43 bits per heavy atom. The molecule has 2 rings (SSSR count). The molecule has 1 fully saturated rings. The Labute approximate surface area is 133 Å². The number of hydrogen-bond donors (Lipinski definition) is 1. The van der Waals surface area contributed by atoms with E-state index in [4.69, 9.17) is 21.1 Å². The van der Waals surface area contributed by atoms with E-state index < -0.39 is 23.5 Å². The standard InChI is InChI=1S/C13H10BrClFNO4/c1-13(2)20-11(18)6(12(19)21-13)5-17-8-4-3-7(15)9(14)10(8)16/h3-5,17H,1-2H3. The Hall–Kier alpha value is -1.60. The highest BCUT2D eigenvalue weighted by molar-refractivity contribution is 9.10. The molecule has 8 heteroatoms. The normalized spacial score (nSPS) is 17.1. The van der Waals surface area contributed by atoms with Crippen LogP contribution in [0.4, 0.5) is 10.1 Å². The number of benzene rings is 1. The van der Waals surface area contributed by atoms with Crippen molar-refractivity contribution in [2.75, 3.05) is 5.32 Å². The van der Waals surface area contributed by atoms with Gasteiger partial charge in [0, 0.05) is 20.0 Å². The van der Waals surface area contributed by atoms with Crippen LogP contribution in [0.3, 0.4) is 0 Å². The van der Waals surface area contributed by atoms with Crippen LogP contribution in [-0.4, -0.2) is 17.7 Å². The third-order valence-electron chi connectivity index (χ3n) is 2.52. The molecule has 0 spiro atoms. The number of ether oxygens (including phenoxy) is 2. The largest absolute Gasteiger partial charge is 0.419 e. The maximum absolute atomic E-state index is 13.9. The predicted octanol–water partition coefficient (Wildman–Crippen LogP) is 3.37. The number of anilines is 1. The second kappa shape index (κ2) is 5.65. The Bertz CT molecular complexity index is 638. The van der Waals surface area contributed by atoms with E-state index in [1.165, 1.54) is 26.0 Å². The average Bonchev–Trinajstić information content (AvgIpc) is 2.36. The summed E-state index contributed by atoms with van der Waals surface area (Å²) in [5.41, 5.74) is -0.330. The maximum atomic E-state index is 13.9. The van der Waals surface area contributed by atoms with Crippen LogP contribution in [0.5, 0.6) is 0 Å². The molecule has 0 bridgehead atoms. The van der Waals surface area contributed by atoms with Crippen molar-refractivity contribution in [3.8, 4) is 0 Å². The lowest BCUT2D eigenvalue weighted by atomic mass is 10.2. The topological polar surface area (TPSA) is 64.6 Å². The highest BCUT2D eigenvalue weighted by Crippen LogP contribution is 2.30. The van der Waals surface area contributed by atoms with Crippen molar-refractivity contribution < 1.29 is 23.5 Å². The molecule has 0 aliphatic carbocycles. The highest BCUT2D eigenvalue weighted by atomic mass is 79.9. The van der Waals surface area contributed by atoms with Crippen LogP contribution in [-0.2, 0) is 19.1 Å². The first kappa shape index (κ1) is 15.8. The second-order valence-corrected chi connectivity index (χ2v) is 5.80. The lowest BCUT2D eigenvalue weighted by Gasteiger charge is -2.29. The molecule has 1 N–H and O–H groups in total. The first-order valence-electron chi connectivity index (χ1n) is 5.78. The van der Waals surface area contributed by atoms with E-state index in [2.05, 4.69) is 21.2 Å². The van der Waals surface area contributed by atoms with E-state index in [1.54, 1.807) is 0 Å². The van der Waals surface area contributed by atoms with Gasteiger partial charge in [0.15, 0.2) is 11.4 Å². The van der Waals surface area contributed by atoms with Gasteiger partial charge in [0.2, 0.25) is 0 Å². The van der Waals surface area contributed by atoms with Crippen molar-refractivity contribution >= 4 is 45.2 Å². The van der Waals surface area contributed by atoms with Crippen LogP contribution in [0, 0.1) is 5.82 Å². The molecule has 1 saturated heterocycles. The van der Waals surface area contributed by atoms with Gasteiger partial charge in [-0.05, 0) is 28.1 Å². The zero-order valence-electron chi connectivity index (χ0n) is 11.0. The van der Waals surface area contributed by atoms with Crippen molar-refractivity contribution in [3.05, 3.63) is 39.2 Å². The third kappa shape index (κ3) is 3.36. The number of hydrogen-bond acceptors (Lipinski definition) is 5. The molecular weight excluding hydrogens is 369 g/mol.